The summed E-state index contributed by atoms with van der Waals surface area (Å²) in [4.78, 5) is 19.8. The molecule has 1 aromatic carbocycles. The number of hydrogen-bond acceptors (Lipinski definition) is 6. The van der Waals surface area contributed by atoms with Gasteiger partial charge in [0.15, 0.2) is 0 Å². The maximum atomic E-state index is 13.3. The molecule has 4 aliphatic rings. The maximum absolute atomic E-state index is 13.3. The van der Waals surface area contributed by atoms with Crippen LogP contribution in [0.5, 0.6) is 0 Å². The molecule has 0 radical (unpaired) electrons. The molecule has 3 saturated carbocycles. The molecule has 1 amide bonds. The van der Waals surface area contributed by atoms with Crippen LogP contribution in [0.3, 0.4) is 0 Å². The second kappa shape index (κ2) is 11.1. The summed E-state index contributed by atoms with van der Waals surface area (Å²) in [7, 11) is 0. The van der Waals surface area contributed by atoms with Crippen LogP contribution in [-0.2, 0) is 17.8 Å². The predicted molar refractivity (Wildman–Crippen MR) is 154 cm³/mol. The molecule has 9 heteroatoms. The smallest absolute Gasteiger partial charge is 0.410 e. The monoisotopic (exact) mass is 555 g/mol. The first-order valence-electron chi connectivity index (χ1n) is 15.9. The topological polar surface area (TPSA) is 102 Å². The third-order valence-corrected chi connectivity index (χ3v) is 10.2. The highest BCUT2D eigenvalue weighted by Gasteiger charge is 2.48. The quantitative estimate of drug-likeness (QED) is 0.338. The number of carbonyl (C=O) groups excluding carboxylic acids is 1. The molecule has 0 N–H and O–H groups in total. The third-order valence-electron chi connectivity index (χ3n) is 10.2. The Labute approximate surface area is 241 Å². The van der Waals surface area contributed by atoms with Gasteiger partial charge in [0.05, 0.1) is 53.8 Å². The average molecular weight is 556 g/mol. The van der Waals surface area contributed by atoms with Crippen LogP contribution in [0, 0.1) is 17.2 Å². The van der Waals surface area contributed by atoms with Crippen molar-refractivity contribution in [2.24, 2.45) is 5.92 Å². The number of rotatable bonds is 6. The molecule has 3 aliphatic carbocycles. The molecule has 9 nitrogen and oxygen atoms in total. The van der Waals surface area contributed by atoms with E-state index in [9.17, 15) is 10.1 Å². The van der Waals surface area contributed by atoms with Gasteiger partial charge in [0.25, 0.3) is 0 Å². The third kappa shape index (κ3) is 5.22. The first-order valence-corrected chi connectivity index (χ1v) is 15.9. The van der Waals surface area contributed by atoms with Gasteiger partial charge in [0.1, 0.15) is 11.3 Å². The van der Waals surface area contributed by atoms with Gasteiger partial charge in [-0.05, 0) is 75.5 Å². The first kappa shape index (κ1) is 26.5. The van der Waals surface area contributed by atoms with Gasteiger partial charge < -0.3 is 9.30 Å². The molecule has 3 heterocycles. The maximum Gasteiger partial charge on any atom is 0.410 e. The fourth-order valence-electron chi connectivity index (χ4n) is 8.22. The van der Waals surface area contributed by atoms with Crippen LogP contribution < -0.4 is 0 Å². The van der Waals surface area contributed by atoms with Crippen molar-refractivity contribution in [3.63, 3.8) is 0 Å². The van der Waals surface area contributed by atoms with Gasteiger partial charge in [-0.25, -0.2) is 14.5 Å². The summed E-state index contributed by atoms with van der Waals surface area (Å²) in [5.74, 6) is 0.874. The van der Waals surface area contributed by atoms with Crippen molar-refractivity contribution in [3.05, 3.63) is 41.5 Å². The van der Waals surface area contributed by atoms with Crippen LogP contribution in [0.1, 0.15) is 119 Å². The molecule has 7 rings (SSSR count). The van der Waals surface area contributed by atoms with E-state index >= 15 is 0 Å². The molecule has 1 aliphatic heterocycles. The van der Waals surface area contributed by atoms with E-state index in [0.29, 0.717) is 36.5 Å². The highest BCUT2D eigenvalue weighted by molar-refractivity contribution is 5.77. The number of aromatic nitrogens is 5. The van der Waals surface area contributed by atoms with E-state index in [-0.39, 0.29) is 6.09 Å². The van der Waals surface area contributed by atoms with E-state index in [1.165, 1.54) is 69.9 Å². The molecule has 1 saturated heterocycles. The zero-order valence-electron chi connectivity index (χ0n) is 24.0. The van der Waals surface area contributed by atoms with E-state index in [2.05, 4.69) is 20.3 Å². The SMILES string of the molecule is N#Cc1ccc2ncn(C[C@H]3CCC[C@]4(C3)CN(Cc3nnn(C5CCCCC5)c3C3CCCCC3)C(=O)O4)c2c1. The van der Waals surface area contributed by atoms with E-state index in [1.54, 1.807) is 0 Å². The fraction of sp³-hybridized carbons (Fsp3) is 0.656. The van der Waals surface area contributed by atoms with E-state index in [0.717, 1.165) is 49.0 Å². The van der Waals surface area contributed by atoms with Crippen molar-refractivity contribution in [1.29, 1.82) is 5.26 Å². The Hall–Kier alpha value is -3.41. The van der Waals surface area contributed by atoms with Gasteiger partial charge in [-0.2, -0.15) is 5.26 Å². The summed E-state index contributed by atoms with van der Waals surface area (Å²) in [6.07, 6.45) is 18.0. The number of nitriles is 1. The Morgan fingerprint density at radius 3 is 2.63 bits per heavy atom. The van der Waals surface area contributed by atoms with Crippen molar-refractivity contribution in [2.75, 3.05) is 6.54 Å². The lowest BCUT2D eigenvalue weighted by atomic mass is 9.78. The van der Waals surface area contributed by atoms with E-state index < -0.39 is 5.60 Å². The molecule has 1 spiro atoms. The van der Waals surface area contributed by atoms with Crippen molar-refractivity contribution in [2.45, 2.75) is 121 Å². The minimum Gasteiger partial charge on any atom is -0.441 e. The van der Waals surface area contributed by atoms with Gasteiger partial charge in [-0.15, -0.1) is 5.10 Å². The van der Waals surface area contributed by atoms with Gasteiger partial charge in [-0.3, -0.25) is 4.90 Å². The molecule has 4 fully saturated rings. The van der Waals surface area contributed by atoms with Crippen molar-refractivity contribution < 1.29 is 9.53 Å². The predicted octanol–water partition coefficient (Wildman–Crippen LogP) is 6.63. The lowest BCUT2D eigenvalue weighted by Gasteiger charge is -2.36. The highest BCUT2D eigenvalue weighted by atomic mass is 16.6. The summed E-state index contributed by atoms with van der Waals surface area (Å²) in [5.41, 5.74) is 4.39. The summed E-state index contributed by atoms with van der Waals surface area (Å²) < 4.78 is 10.7. The minimum atomic E-state index is -0.446. The minimum absolute atomic E-state index is 0.209. The number of amides is 1. The van der Waals surface area contributed by atoms with Crippen LogP contribution in [0.25, 0.3) is 11.0 Å². The normalized spacial score (nSPS) is 26.1. The fourth-order valence-corrected chi connectivity index (χ4v) is 8.22. The zero-order valence-corrected chi connectivity index (χ0v) is 24.0. The number of benzene rings is 1. The Bertz CT molecular complexity index is 1440. The first-order chi connectivity index (χ1) is 20.1. The molecule has 41 heavy (non-hydrogen) atoms. The number of imidazole rings is 1. The number of fused-ring (bicyclic) bond motifs is 1. The summed E-state index contributed by atoms with van der Waals surface area (Å²) in [6.45, 7) is 1.92. The molecule has 0 bridgehead atoms. The Morgan fingerprint density at radius 1 is 1.02 bits per heavy atom. The number of ether oxygens (including phenoxy) is 1. The second-order valence-corrected chi connectivity index (χ2v) is 13.1. The lowest BCUT2D eigenvalue weighted by Crippen LogP contribution is -2.40. The van der Waals surface area contributed by atoms with Crippen molar-refractivity contribution in [1.82, 2.24) is 29.4 Å². The summed E-state index contributed by atoms with van der Waals surface area (Å²) in [5, 5.41) is 18.8. The van der Waals surface area contributed by atoms with Crippen molar-refractivity contribution >= 4 is 17.1 Å². The van der Waals surface area contributed by atoms with Crippen molar-refractivity contribution in [3.8, 4) is 6.07 Å². The number of carbonyl (C=O) groups is 1. The van der Waals surface area contributed by atoms with Gasteiger partial charge in [0.2, 0.25) is 0 Å². The summed E-state index contributed by atoms with van der Waals surface area (Å²) in [6, 6.07) is 8.33. The van der Waals surface area contributed by atoms with Crippen LogP contribution in [-0.4, -0.2) is 47.7 Å². The van der Waals surface area contributed by atoms with Gasteiger partial charge in [0, 0.05) is 12.5 Å². The lowest BCUT2D eigenvalue weighted by molar-refractivity contribution is 0.00415. The van der Waals surface area contributed by atoms with Gasteiger partial charge in [-0.1, -0.05) is 43.7 Å². The molecule has 2 aromatic heterocycles. The van der Waals surface area contributed by atoms with E-state index in [1.807, 2.05) is 29.4 Å². The molecule has 0 unspecified atom stereocenters. The average Bonchev–Trinajstić information content (AvgIpc) is 3.69. The van der Waals surface area contributed by atoms with Crippen LogP contribution in [0.4, 0.5) is 4.79 Å². The van der Waals surface area contributed by atoms with Crippen LogP contribution >= 0.6 is 0 Å². The Morgan fingerprint density at radius 2 is 1.83 bits per heavy atom. The Balaban J connectivity index is 1.08. The molecular formula is C32H41N7O2. The highest BCUT2D eigenvalue weighted by Crippen LogP contribution is 2.42. The van der Waals surface area contributed by atoms with E-state index in [4.69, 9.17) is 15.0 Å². The van der Waals surface area contributed by atoms with Crippen LogP contribution in [0.15, 0.2) is 24.5 Å². The zero-order chi connectivity index (χ0) is 27.8. The number of hydrogen-bond donors (Lipinski definition) is 0. The molecular weight excluding hydrogens is 514 g/mol. The second-order valence-electron chi connectivity index (χ2n) is 13.1. The van der Waals surface area contributed by atoms with Crippen LogP contribution in [0.2, 0.25) is 0 Å². The number of nitrogens with zero attached hydrogens (tertiary/aromatic N) is 7. The molecule has 2 atom stereocenters. The molecule has 3 aromatic rings. The summed E-state index contributed by atoms with van der Waals surface area (Å²) >= 11 is 0. The van der Waals surface area contributed by atoms with Gasteiger partial charge >= 0.3 is 6.09 Å². The standard InChI is InChI=1S/C32H41N7O2/c33-18-23-13-14-27-29(16-23)38(22-34-27)19-24-8-7-15-32(17-24)21-37(31(40)41-32)20-28-30(25-9-3-1-4-10-25)39(36-35-28)26-11-5-2-6-12-26/h13-14,16,22,24-26H,1-12,15,17,19-21H2/t24-,32-/m0/s1. The Kier molecular flexibility index (Phi) is 7.18. The molecule has 216 valence electrons. The largest absolute Gasteiger partial charge is 0.441 e.